The van der Waals surface area contributed by atoms with Gasteiger partial charge in [-0.15, -0.1) is 0 Å². The average Bonchev–Trinajstić information content (AvgIpc) is 2.98. The topological polar surface area (TPSA) is 47.9 Å². The van der Waals surface area contributed by atoms with Crippen LogP contribution in [0, 0.1) is 0 Å². The highest BCUT2D eigenvalue weighted by Crippen LogP contribution is 2.28. The number of rotatable bonds is 15. The van der Waals surface area contributed by atoms with Crippen molar-refractivity contribution in [2.75, 3.05) is 6.61 Å². The van der Waals surface area contributed by atoms with Crippen LogP contribution in [-0.4, -0.2) is 23.9 Å². The molecular formula is C34H38O4. The van der Waals surface area contributed by atoms with Crippen LogP contribution < -0.4 is 9.47 Å². The number of benzene rings is 4. The van der Waals surface area contributed by atoms with E-state index in [4.69, 9.17) is 14.2 Å². The van der Waals surface area contributed by atoms with Crippen LogP contribution in [0.5, 0.6) is 11.5 Å². The quantitative estimate of drug-likeness (QED) is 0.176. The van der Waals surface area contributed by atoms with Crippen molar-refractivity contribution in [1.82, 2.24) is 0 Å². The number of ether oxygens (including phenoxy) is 3. The molecular weight excluding hydrogens is 472 g/mol. The SMILES string of the molecule is CCC(CC(OCCC(CC(O)c1ccccc1)Oc1ccccc1)c1ccccc1)Oc1ccccc1. The maximum atomic E-state index is 10.9. The van der Waals surface area contributed by atoms with Gasteiger partial charge >= 0.3 is 0 Å². The van der Waals surface area contributed by atoms with Gasteiger partial charge in [-0.1, -0.05) is 104 Å². The van der Waals surface area contributed by atoms with Gasteiger partial charge in [0.15, 0.2) is 0 Å². The Bertz CT molecular complexity index is 1150. The van der Waals surface area contributed by atoms with E-state index < -0.39 is 6.10 Å². The summed E-state index contributed by atoms with van der Waals surface area (Å²) >= 11 is 0. The van der Waals surface area contributed by atoms with E-state index in [2.05, 4.69) is 19.1 Å². The third-order valence-electron chi connectivity index (χ3n) is 6.62. The van der Waals surface area contributed by atoms with E-state index in [1.165, 1.54) is 0 Å². The molecule has 4 heteroatoms. The first-order chi connectivity index (χ1) is 18.7. The van der Waals surface area contributed by atoms with Crippen molar-refractivity contribution in [2.45, 2.75) is 57.0 Å². The fraction of sp³-hybridized carbons (Fsp3) is 0.294. The molecule has 4 atom stereocenters. The molecule has 0 radical (unpaired) electrons. The fourth-order valence-corrected chi connectivity index (χ4v) is 4.51. The van der Waals surface area contributed by atoms with E-state index in [0.717, 1.165) is 35.5 Å². The summed E-state index contributed by atoms with van der Waals surface area (Å²) in [5, 5.41) is 10.9. The summed E-state index contributed by atoms with van der Waals surface area (Å²) < 4.78 is 19.1. The molecule has 38 heavy (non-hydrogen) atoms. The second-order valence-corrected chi connectivity index (χ2v) is 9.47. The molecule has 0 bridgehead atoms. The van der Waals surface area contributed by atoms with Crippen LogP contribution in [0.25, 0.3) is 0 Å². The predicted molar refractivity (Wildman–Crippen MR) is 152 cm³/mol. The molecule has 4 nitrogen and oxygen atoms in total. The maximum Gasteiger partial charge on any atom is 0.119 e. The molecule has 4 aromatic carbocycles. The van der Waals surface area contributed by atoms with Crippen molar-refractivity contribution in [3.8, 4) is 11.5 Å². The molecule has 1 N–H and O–H groups in total. The third-order valence-corrected chi connectivity index (χ3v) is 6.62. The Kier molecular flexibility index (Phi) is 10.8. The average molecular weight is 511 g/mol. The van der Waals surface area contributed by atoms with E-state index in [9.17, 15) is 5.11 Å². The number of hydrogen-bond acceptors (Lipinski definition) is 4. The van der Waals surface area contributed by atoms with Crippen LogP contribution in [0.2, 0.25) is 0 Å². The second-order valence-electron chi connectivity index (χ2n) is 9.47. The highest BCUT2D eigenvalue weighted by molar-refractivity contribution is 5.23. The van der Waals surface area contributed by atoms with Gasteiger partial charge < -0.3 is 19.3 Å². The van der Waals surface area contributed by atoms with Crippen molar-refractivity contribution in [3.63, 3.8) is 0 Å². The molecule has 0 aromatic heterocycles. The molecule has 4 rings (SSSR count). The zero-order valence-electron chi connectivity index (χ0n) is 22.1. The van der Waals surface area contributed by atoms with Crippen LogP contribution >= 0.6 is 0 Å². The van der Waals surface area contributed by atoms with Gasteiger partial charge in [0.25, 0.3) is 0 Å². The van der Waals surface area contributed by atoms with Crippen LogP contribution in [0.4, 0.5) is 0 Å². The molecule has 4 unspecified atom stereocenters. The van der Waals surface area contributed by atoms with Gasteiger partial charge in [-0.05, 0) is 41.8 Å². The smallest absolute Gasteiger partial charge is 0.119 e. The van der Waals surface area contributed by atoms with E-state index in [-0.39, 0.29) is 18.3 Å². The molecule has 0 saturated heterocycles. The minimum absolute atomic E-state index is 0.0267. The monoisotopic (exact) mass is 510 g/mol. The Balaban J connectivity index is 1.42. The molecule has 0 saturated carbocycles. The second kappa shape index (κ2) is 15.0. The normalized spacial score (nSPS) is 14.3. The summed E-state index contributed by atoms with van der Waals surface area (Å²) in [6.45, 7) is 2.64. The lowest BCUT2D eigenvalue weighted by atomic mass is 10.0. The molecule has 0 aliphatic heterocycles. The summed E-state index contributed by atoms with van der Waals surface area (Å²) in [4.78, 5) is 0. The zero-order chi connectivity index (χ0) is 26.4. The number of aliphatic hydroxyl groups excluding tert-OH is 1. The molecule has 0 aliphatic rings. The van der Waals surface area contributed by atoms with Crippen molar-refractivity contribution in [2.24, 2.45) is 0 Å². The summed E-state index contributed by atoms with van der Waals surface area (Å²) in [6, 6.07) is 39.8. The Morgan fingerprint density at radius 1 is 0.579 bits per heavy atom. The number of para-hydroxylation sites is 2. The van der Waals surface area contributed by atoms with Crippen LogP contribution in [0.3, 0.4) is 0 Å². The lowest BCUT2D eigenvalue weighted by Crippen LogP contribution is -2.24. The van der Waals surface area contributed by atoms with Gasteiger partial charge in [0.1, 0.15) is 23.7 Å². The van der Waals surface area contributed by atoms with E-state index in [0.29, 0.717) is 19.4 Å². The summed E-state index contributed by atoms with van der Waals surface area (Å²) in [6.07, 6.45) is 1.85. The minimum atomic E-state index is -0.612. The highest BCUT2D eigenvalue weighted by Gasteiger charge is 2.22. The molecule has 0 aliphatic carbocycles. The first kappa shape index (κ1) is 27.4. The van der Waals surface area contributed by atoms with Gasteiger partial charge in [-0.2, -0.15) is 0 Å². The van der Waals surface area contributed by atoms with Gasteiger partial charge in [0.05, 0.1) is 18.8 Å². The largest absolute Gasteiger partial charge is 0.490 e. The predicted octanol–water partition coefficient (Wildman–Crippen LogP) is 7.95. The third kappa shape index (κ3) is 8.76. The first-order valence-corrected chi connectivity index (χ1v) is 13.5. The maximum absolute atomic E-state index is 10.9. The minimum Gasteiger partial charge on any atom is -0.490 e. The lowest BCUT2D eigenvalue weighted by molar-refractivity contribution is -0.00177. The Morgan fingerprint density at radius 3 is 1.58 bits per heavy atom. The molecule has 4 aromatic rings. The Labute approximate surface area is 226 Å². The fourth-order valence-electron chi connectivity index (χ4n) is 4.51. The number of hydrogen-bond donors (Lipinski definition) is 1. The first-order valence-electron chi connectivity index (χ1n) is 13.5. The Morgan fingerprint density at radius 2 is 1.05 bits per heavy atom. The molecule has 0 spiro atoms. The number of aliphatic hydroxyl groups is 1. The van der Waals surface area contributed by atoms with E-state index in [1.807, 2.05) is 109 Å². The van der Waals surface area contributed by atoms with Crippen molar-refractivity contribution in [1.29, 1.82) is 0 Å². The zero-order valence-corrected chi connectivity index (χ0v) is 22.1. The molecule has 0 fully saturated rings. The lowest BCUT2D eigenvalue weighted by Gasteiger charge is -2.26. The van der Waals surface area contributed by atoms with Gasteiger partial charge in [0.2, 0.25) is 0 Å². The van der Waals surface area contributed by atoms with Crippen molar-refractivity contribution in [3.05, 3.63) is 132 Å². The van der Waals surface area contributed by atoms with Gasteiger partial charge in [0, 0.05) is 19.3 Å². The summed E-state index contributed by atoms with van der Waals surface area (Å²) in [5.41, 5.74) is 2.02. The van der Waals surface area contributed by atoms with Gasteiger partial charge in [-0.3, -0.25) is 0 Å². The van der Waals surface area contributed by atoms with Crippen molar-refractivity contribution < 1.29 is 19.3 Å². The Hall–Kier alpha value is -3.60. The summed E-state index contributed by atoms with van der Waals surface area (Å²) in [7, 11) is 0. The molecule has 198 valence electrons. The standard InChI is InChI=1S/C34H38O4/c1-2-29(37-30-19-11-5-12-20-30)26-34(28-17-9-4-10-18-28)36-24-23-32(38-31-21-13-6-14-22-31)25-33(35)27-15-7-3-8-16-27/h3-22,29,32-35H,2,23-26H2,1H3. The van der Waals surface area contributed by atoms with E-state index in [1.54, 1.807) is 0 Å². The molecule has 0 heterocycles. The highest BCUT2D eigenvalue weighted by atomic mass is 16.5. The van der Waals surface area contributed by atoms with Crippen LogP contribution in [0.1, 0.15) is 55.9 Å². The van der Waals surface area contributed by atoms with E-state index >= 15 is 0 Å². The van der Waals surface area contributed by atoms with Crippen molar-refractivity contribution >= 4 is 0 Å². The summed E-state index contributed by atoms with van der Waals surface area (Å²) in [5.74, 6) is 1.66. The van der Waals surface area contributed by atoms with Crippen LogP contribution in [-0.2, 0) is 4.74 Å². The molecule has 0 amide bonds. The van der Waals surface area contributed by atoms with Gasteiger partial charge in [-0.25, -0.2) is 0 Å². The van der Waals surface area contributed by atoms with Crippen LogP contribution in [0.15, 0.2) is 121 Å².